The number of nitrogens with zero attached hydrogens (tertiary/aromatic N) is 3. The summed E-state index contributed by atoms with van der Waals surface area (Å²) in [6.07, 6.45) is 1.34. The van der Waals surface area contributed by atoms with Gasteiger partial charge in [0.05, 0.1) is 10.2 Å². The minimum atomic E-state index is -0.430. The quantitative estimate of drug-likeness (QED) is 0.831. The second kappa shape index (κ2) is 6.64. The predicted molar refractivity (Wildman–Crippen MR) is 79.7 cm³/mol. The van der Waals surface area contributed by atoms with Crippen LogP contribution >= 0.6 is 15.9 Å². The molecule has 0 saturated carbocycles. The molecule has 21 heavy (non-hydrogen) atoms. The fourth-order valence-corrected chi connectivity index (χ4v) is 2.33. The molecule has 1 heterocycles. The van der Waals surface area contributed by atoms with Crippen LogP contribution in [0.3, 0.4) is 0 Å². The van der Waals surface area contributed by atoms with Gasteiger partial charge in [0.2, 0.25) is 0 Å². The van der Waals surface area contributed by atoms with Crippen LogP contribution in [0.25, 0.3) is 0 Å². The summed E-state index contributed by atoms with van der Waals surface area (Å²) in [5, 5.41) is 17.4. The molecule has 0 aliphatic rings. The zero-order chi connectivity index (χ0) is 15.4. The molecule has 0 radical (unpaired) electrons. The second-order valence-electron chi connectivity index (χ2n) is 4.30. The molecule has 0 saturated heterocycles. The molecule has 108 valence electrons. The first-order valence-corrected chi connectivity index (χ1v) is 7.31. The summed E-state index contributed by atoms with van der Waals surface area (Å²) >= 11 is 3.28. The summed E-state index contributed by atoms with van der Waals surface area (Å²) in [5.74, 6) is -0.0782. The van der Waals surface area contributed by atoms with Crippen molar-refractivity contribution in [1.29, 1.82) is 5.26 Å². The van der Waals surface area contributed by atoms with E-state index in [9.17, 15) is 9.65 Å². The molecule has 0 N–H and O–H groups in total. The molecule has 4 nitrogen and oxygen atoms in total. The highest BCUT2D eigenvalue weighted by molar-refractivity contribution is 9.10. The van der Waals surface area contributed by atoms with E-state index in [1.165, 1.54) is 18.2 Å². The maximum atomic E-state index is 13.3. The van der Waals surface area contributed by atoms with Gasteiger partial charge < -0.3 is 4.74 Å². The van der Waals surface area contributed by atoms with E-state index in [2.05, 4.69) is 32.2 Å². The Bertz CT molecular complexity index is 713. The molecule has 0 bridgehead atoms. The Balaban J connectivity index is 2.50. The van der Waals surface area contributed by atoms with Gasteiger partial charge in [-0.1, -0.05) is 13.8 Å². The lowest BCUT2D eigenvalue weighted by Gasteiger charge is -2.12. The zero-order valence-corrected chi connectivity index (χ0v) is 13.2. The molecular weight excluding hydrogens is 337 g/mol. The van der Waals surface area contributed by atoms with Gasteiger partial charge in [-0.25, -0.2) is 4.39 Å². The van der Waals surface area contributed by atoms with Gasteiger partial charge in [0.15, 0.2) is 0 Å². The maximum absolute atomic E-state index is 13.3. The van der Waals surface area contributed by atoms with Gasteiger partial charge in [-0.3, -0.25) is 0 Å². The van der Waals surface area contributed by atoms with Crippen LogP contribution in [0.5, 0.6) is 11.6 Å². The van der Waals surface area contributed by atoms with Gasteiger partial charge >= 0.3 is 0 Å². The third kappa shape index (κ3) is 3.19. The molecule has 6 heteroatoms. The molecule has 0 aliphatic heterocycles. The molecule has 1 aromatic heterocycles. The van der Waals surface area contributed by atoms with Crippen LogP contribution in [0.2, 0.25) is 0 Å². The highest BCUT2D eigenvalue weighted by Gasteiger charge is 2.17. The van der Waals surface area contributed by atoms with Crippen molar-refractivity contribution in [3.8, 4) is 17.7 Å². The van der Waals surface area contributed by atoms with E-state index in [1.807, 2.05) is 13.8 Å². The largest absolute Gasteiger partial charge is 0.435 e. The standard InChI is InChI=1S/C15H13BrFN3O/c1-3-10-11(8-18)15(20-19-13(10)4-2)21-14-7-9(17)5-6-12(14)16/h5-7H,3-4H2,1-2H3. The fraction of sp³-hybridized carbons (Fsp3) is 0.267. The Hall–Kier alpha value is -2.00. The number of benzene rings is 1. The molecule has 0 fully saturated rings. The van der Waals surface area contributed by atoms with Gasteiger partial charge in [0.1, 0.15) is 23.2 Å². The van der Waals surface area contributed by atoms with Crippen LogP contribution in [0, 0.1) is 17.1 Å². The second-order valence-corrected chi connectivity index (χ2v) is 5.16. The number of aromatic nitrogens is 2. The van der Waals surface area contributed by atoms with Crippen LogP contribution in [0.1, 0.15) is 30.7 Å². The van der Waals surface area contributed by atoms with Crippen LogP contribution in [-0.2, 0) is 12.8 Å². The van der Waals surface area contributed by atoms with E-state index in [4.69, 9.17) is 4.74 Å². The Morgan fingerprint density at radius 2 is 2.05 bits per heavy atom. The van der Waals surface area contributed by atoms with Crippen LogP contribution in [0.4, 0.5) is 4.39 Å². The SMILES string of the molecule is CCc1nnc(Oc2cc(F)ccc2Br)c(C#N)c1CC. The van der Waals surface area contributed by atoms with Gasteiger partial charge in [0.25, 0.3) is 5.88 Å². The molecule has 0 amide bonds. The van der Waals surface area contributed by atoms with Crippen molar-refractivity contribution < 1.29 is 9.13 Å². The number of ether oxygens (including phenoxy) is 1. The van der Waals surface area contributed by atoms with E-state index in [0.29, 0.717) is 22.9 Å². The van der Waals surface area contributed by atoms with E-state index in [0.717, 1.165) is 11.3 Å². The monoisotopic (exact) mass is 349 g/mol. The number of rotatable bonds is 4. The third-order valence-corrected chi connectivity index (χ3v) is 3.68. The minimum absolute atomic E-state index is 0.0952. The molecule has 0 unspecified atom stereocenters. The Kier molecular flexibility index (Phi) is 4.86. The summed E-state index contributed by atoms with van der Waals surface area (Å²) in [6, 6.07) is 6.18. The van der Waals surface area contributed by atoms with Gasteiger partial charge in [-0.2, -0.15) is 10.4 Å². The highest BCUT2D eigenvalue weighted by Crippen LogP contribution is 2.32. The zero-order valence-electron chi connectivity index (χ0n) is 11.7. The molecule has 2 aromatic rings. The normalized spacial score (nSPS) is 10.2. The number of hydrogen-bond donors (Lipinski definition) is 0. The smallest absolute Gasteiger partial charge is 0.257 e. The lowest BCUT2D eigenvalue weighted by atomic mass is 10.0. The number of halogens is 2. The Morgan fingerprint density at radius 1 is 1.29 bits per heavy atom. The third-order valence-electron chi connectivity index (χ3n) is 3.03. The molecular formula is C15H13BrFN3O. The summed E-state index contributed by atoms with van der Waals surface area (Å²) in [6.45, 7) is 3.90. The van der Waals surface area contributed by atoms with Crippen LogP contribution in [0.15, 0.2) is 22.7 Å². The lowest BCUT2D eigenvalue weighted by Crippen LogP contribution is -2.05. The Morgan fingerprint density at radius 3 is 2.67 bits per heavy atom. The van der Waals surface area contributed by atoms with Crippen molar-refractivity contribution in [2.75, 3.05) is 0 Å². The van der Waals surface area contributed by atoms with E-state index < -0.39 is 5.82 Å². The highest BCUT2D eigenvalue weighted by atomic mass is 79.9. The van der Waals surface area contributed by atoms with Gasteiger partial charge in [0, 0.05) is 6.07 Å². The van der Waals surface area contributed by atoms with Crippen molar-refractivity contribution >= 4 is 15.9 Å². The minimum Gasteiger partial charge on any atom is -0.435 e. The summed E-state index contributed by atoms with van der Waals surface area (Å²) in [4.78, 5) is 0. The topological polar surface area (TPSA) is 58.8 Å². The number of nitriles is 1. The van der Waals surface area contributed by atoms with Crippen molar-refractivity contribution in [3.05, 3.63) is 45.3 Å². The summed E-state index contributed by atoms with van der Waals surface area (Å²) in [7, 11) is 0. The van der Waals surface area contributed by atoms with Crippen molar-refractivity contribution in [2.24, 2.45) is 0 Å². The van der Waals surface area contributed by atoms with Gasteiger partial charge in [-0.05, 0) is 46.5 Å². The Labute approximate surface area is 130 Å². The first-order chi connectivity index (χ1) is 10.1. The average molecular weight is 350 g/mol. The van der Waals surface area contributed by atoms with Crippen LogP contribution < -0.4 is 4.74 Å². The molecule has 2 rings (SSSR count). The molecule has 0 spiro atoms. The average Bonchev–Trinajstić information content (AvgIpc) is 2.50. The number of hydrogen-bond acceptors (Lipinski definition) is 4. The molecule has 0 aliphatic carbocycles. The summed E-state index contributed by atoms with van der Waals surface area (Å²) < 4.78 is 19.4. The fourth-order valence-electron chi connectivity index (χ4n) is 2.00. The van der Waals surface area contributed by atoms with Crippen molar-refractivity contribution in [3.63, 3.8) is 0 Å². The van der Waals surface area contributed by atoms with Crippen LogP contribution in [-0.4, -0.2) is 10.2 Å². The predicted octanol–water partition coefficient (Wildman–Crippen LogP) is 4.17. The summed E-state index contributed by atoms with van der Waals surface area (Å²) in [5.41, 5.74) is 1.94. The lowest BCUT2D eigenvalue weighted by molar-refractivity contribution is 0.444. The van der Waals surface area contributed by atoms with E-state index >= 15 is 0 Å². The van der Waals surface area contributed by atoms with Crippen molar-refractivity contribution in [2.45, 2.75) is 26.7 Å². The van der Waals surface area contributed by atoms with Gasteiger partial charge in [-0.15, -0.1) is 5.10 Å². The maximum Gasteiger partial charge on any atom is 0.257 e. The molecule has 0 atom stereocenters. The first kappa shape index (κ1) is 15.4. The number of aryl methyl sites for hydroxylation is 1. The van der Waals surface area contributed by atoms with E-state index in [-0.39, 0.29) is 11.6 Å². The molecule has 1 aromatic carbocycles. The van der Waals surface area contributed by atoms with Crippen molar-refractivity contribution in [1.82, 2.24) is 10.2 Å². The van der Waals surface area contributed by atoms with E-state index in [1.54, 1.807) is 0 Å². The first-order valence-electron chi connectivity index (χ1n) is 6.52.